The molecule has 316 valence electrons. The van der Waals surface area contributed by atoms with Crippen LogP contribution in [0.5, 0.6) is 34.5 Å². The Hall–Kier alpha value is -6.92. The number of carbonyl (C=O) groups is 6. The van der Waals surface area contributed by atoms with E-state index in [1.807, 2.05) is 0 Å². The Morgan fingerprint density at radius 2 is 0.966 bits per heavy atom. The summed E-state index contributed by atoms with van der Waals surface area (Å²) in [6.07, 6.45) is -8.57. The van der Waals surface area contributed by atoms with E-state index in [0.29, 0.717) is 0 Å². The number of hydrogen-bond donors (Lipinski definition) is 13. The topological polar surface area (TPSA) is 378 Å². The summed E-state index contributed by atoms with van der Waals surface area (Å²) in [4.78, 5) is 79.8. The van der Waals surface area contributed by atoms with Gasteiger partial charge < -0.3 is 86.0 Å². The van der Waals surface area contributed by atoms with Crippen LogP contribution in [0.25, 0.3) is 0 Å². The molecule has 0 aromatic heterocycles. The molecule has 59 heavy (non-hydrogen) atoms. The summed E-state index contributed by atoms with van der Waals surface area (Å²) < 4.78 is 20.9. The largest absolute Gasteiger partial charge is 0.504 e. The molecule has 0 saturated carbocycles. The third-order valence-electron chi connectivity index (χ3n) is 9.04. The number of rotatable bonds is 8. The summed E-state index contributed by atoms with van der Waals surface area (Å²) in [6.45, 7) is -4.02. The van der Waals surface area contributed by atoms with Gasteiger partial charge in [-0.25, -0.2) is 14.4 Å². The summed E-state index contributed by atoms with van der Waals surface area (Å²) in [6, 6.07) is 2.31. The Morgan fingerprint density at radius 3 is 1.39 bits per heavy atom. The second-order valence-corrected chi connectivity index (χ2v) is 13.0. The standard InChI is InChI=1S/C36H37N3O20/c40-9-23-27(47)28(48)29(49)30(59-23)13-7-16(26(46)22(43)8-13)33(52)39-19-12-58-35(54)17(37-31(50)14-3-1-5-20(41)24(14)44)10-56-34(53)18(11-57-36(19)55)38-32(51)15-4-2-6-21(42)25(15)45/h1-8,17-19,23,27-30,40-49H,9-12H2,(H,37,50)(H,38,51)(H,39,52)/t17-,18-,19-,23+,27+,28?,29?,30-/m0/s1. The Morgan fingerprint density at radius 1 is 0.559 bits per heavy atom. The van der Waals surface area contributed by atoms with Crippen LogP contribution in [0.2, 0.25) is 0 Å². The molecule has 3 aromatic carbocycles. The smallest absolute Gasteiger partial charge is 0.332 e. The van der Waals surface area contributed by atoms with Gasteiger partial charge in [-0.3, -0.25) is 14.4 Å². The summed E-state index contributed by atoms with van der Waals surface area (Å²) >= 11 is 0. The molecule has 0 radical (unpaired) electrons. The molecule has 2 unspecified atom stereocenters. The molecule has 3 aromatic rings. The van der Waals surface area contributed by atoms with Crippen LogP contribution in [0, 0.1) is 0 Å². The minimum atomic E-state index is -2.04. The molecule has 23 heteroatoms. The fourth-order valence-electron chi connectivity index (χ4n) is 5.80. The highest BCUT2D eigenvalue weighted by molar-refractivity contribution is 6.02. The number of phenols is 6. The van der Waals surface area contributed by atoms with Crippen LogP contribution in [0.4, 0.5) is 0 Å². The molecule has 0 bridgehead atoms. The van der Waals surface area contributed by atoms with Crippen LogP contribution in [0.3, 0.4) is 0 Å². The molecular formula is C36H37N3O20. The van der Waals surface area contributed by atoms with Gasteiger partial charge >= 0.3 is 17.9 Å². The molecule has 0 spiro atoms. The molecule has 2 heterocycles. The number of amides is 3. The van der Waals surface area contributed by atoms with Crippen molar-refractivity contribution in [3.63, 3.8) is 0 Å². The second kappa shape index (κ2) is 18.1. The van der Waals surface area contributed by atoms with Gasteiger partial charge in [0.05, 0.1) is 23.3 Å². The quantitative estimate of drug-likeness (QED) is 0.0603. The number of ether oxygens (including phenoxy) is 4. The van der Waals surface area contributed by atoms with Crippen LogP contribution >= 0.6 is 0 Å². The van der Waals surface area contributed by atoms with E-state index in [4.69, 9.17) is 18.9 Å². The predicted octanol–water partition coefficient (Wildman–Crippen LogP) is -3.23. The van der Waals surface area contributed by atoms with Crippen molar-refractivity contribution in [2.24, 2.45) is 0 Å². The Balaban J connectivity index is 1.44. The molecule has 2 aliphatic rings. The second-order valence-electron chi connectivity index (χ2n) is 13.0. The lowest BCUT2D eigenvalue weighted by atomic mass is 9.90. The molecule has 23 nitrogen and oxygen atoms in total. The van der Waals surface area contributed by atoms with Gasteiger partial charge in [0.1, 0.15) is 50.3 Å². The van der Waals surface area contributed by atoms with Crippen molar-refractivity contribution in [2.45, 2.75) is 48.6 Å². The van der Waals surface area contributed by atoms with Crippen molar-refractivity contribution < 1.29 is 98.8 Å². The van der Waals surface area contributed by atoms with E-state index in [2.05, 4.69) is 16.0 Å². The number of esters is 3. The Kier molecular flexibility index (Phi) is 13.3. The first kappa shape index (κ1) is 43.2. The lowest BCUT2D eigenvalue weighted by molar-refractivity contribution is -0.231. The number of benzene rings is 3. The first-order chi connectivity index (χ1) is 27.9. The number of nitrogens with one attached hydrogen (secondary N) is 3. The molecular weight excluding hydrogens is 794 g/mol. The van der Waals surface area contributed by atoms with E-state index < -0.39 is 162 Å². The number of phenolic OH excluding ortho intramolecular Hbond substituents is 6. The fraction of sp³-hybridized carbons (Fsp3) is 0.333. The van der Waals surface area contributed by atoms with Gasteiger partial charge in [-0.2, -0.15) is 0 Å². The molecule has 2 aliphatic heterocycles. The fourth-order valence-corrected chi connectivity index (χ4v) is 5.80. The highest BCUT2D eigenvalue weighted by Crippen LogP contribution is 2.38. The maximum atomic E-state index is 13.6. The highest BCUT2D eigenvalue weighted by Gasteiger charge is 2.44. The summed E-state index contributed by atoms with van der Waals surface area (Å²) in [5.74, 6) is -13.4. The van der Waals surface area contributed by atoms with Crippen molar-refractivity contribution >= 4 is 35.6 Å². The van der Waals surface area contributed by atoms with Crippen molar-refractivity contribution in [1.82, 2.24) is 16.0 Å². The van der Waals surface area contributed by atoms with Crippen LogP contribution in [-0.4, -0.2) is 156 Å². The number of cyclic esters (lactones) is 3. The summed E-state index contributed by atoms with van der Waals surface area (Å²) in [7, 11) is 0. The van der Waals surface area contributed by atoms with E-state index in [1.165, 1.54) is 12.1 Å². The minimum absolute atomic E-state index is 0.277. The van der Waals surface area contributed by atoms with Crippen molar-refractivity contribution in [3.05, 3.63) is 70.8 Å². The normalized spacial score (nSPS) is 25.2. The number of aliphatic hydroxyl groups is 4. The van der Waals surface area contributed by atoms with Gasteiger partial charge in [-0.15, -0.1) is 0 Å². The Bertz CT molecular complexity index is 2060. The number of para-hydroxylation sites is 2. The van der Waals surface area contributed by atoms with Crippen LogP contribution in [0.1, 0.15) is 42.7 Å². The molecule has 3 amide bonds. The molecule has 2 fully saturated rings. The number of hydrogen-bond acceptors (Lipinski definition) is 20. The number of aromatic hydroxyl groups is 6. The molecule has 0 aliphatic carbocycles. The first-order valence-corrected chi connectivity index (χ1v) is 17.2. The van der Waals surface area contributed by atoms with Gasteiger partial charge in [0, 0.05) is 0 Å². The van der Waals surface area contributed by atoms with E-state index in [-0.39, 0.29) is 5.56 Å². The predicted molar refractivity (Wildman–Crippen MR) is 189 cm³/mol. The summed E-state index contributed by atoms with van der Waals surface area (Å²) in [5, 5.41) is 108. The van der Waals surface area contributed by atoms with Gasteiger partial charge in [0.15, 0.2) is 52.6 Å². The number of carbonyl (C=O) groups excluding carboxylic acids is 6. The van der Waals surface area contributed by atoms with Crippen molar-refractivity contribution in [3.8, 4) is 34.5 Å². The molecule has 5 rings (SSSR count). The van der Waals surface area contributed by atoms with E-state index in [9.17, 15) is 79.8 Å². The number of aliphatic hydroxyl groups excluding tert-OH is 4. The monoisotopic (exact) mass is 831 g/mol. The van der Waals surface area contributed by atoms with Crippen LogP contribution in [0.15, 0.2) is 48.5 Å². The lowest BCUT2D eigenvalue weighted by Gasteiger charge is -2.40. The summed E-state index contributed by atoms with van der Waals surface area (Å²) in [5.41, 5.74) is -2.18. The van der Waals surface area contributed by atoms with Gasteiger partial charge in [-0.05, 0) is 42.0 Å². The first-order valence-electron chi connectivity index (χ1n) is 17.2. The van der Waals surface area contributed by atoms with Gasteiger partial charge in [-0.1, -0.05) is 12.1 Å². The third-order valence-corrected chi connectivity index (χ3v) is 9.04. The molecule has 13 N–H and O–H groups in total. The maximum Gasteiger partial charge on any atom is 0.332 e. The van der Waals surface area contributed by atoms with E-state index >= 15 is 0 Å². The van der Waals surface area contributed by atoms with Crippen molar-refractivity contribution in [2.75, 3.05) is 26.4 Å². The SMILES string of the molecule is O=C(N[C@H]1COC(=O)[C@@H](NC(=O)c2cccc(O)c2O)COC(=O)[C@@H](NC(=O)c2cc([C@@H]3O[C@H](CO)[C@@H](O)C(O)C3O)cc(O)c2O)COC1=O)c1cccc(O)c1O. The average Bonchev–Trinajstić information content (AvgIpc) is 3.20. The van der Waals surface area contributed by atoms with Crippen LogP contribution < -0.4 is 16.0 Å². The highest BCUT2D eigenvalue weighted by atomic mass is 16.6. The molecule has 8 atom stereocenters. The van der Waals surface area contributed by atoms with Crippen LogP contribution in [-0.2, 0) is 33.3 Å². The third kappa shape index (κ3) is 9.45. The maximum absolute atomic E-state index is 13.6. The zero-order chi connectivity index (χ0) is 43.3. The lowest BCUT2D eigenvalue weighted by Crippen LogP contribution is -2.55. The average molecular weight is 832 g/mol. The zero-order valence-corrected chi connectivity index (χ0v) is 30.1. The van der Waals surface area contributed by atoms with Gasteiger partial charge in [0.25, 0.3) is 17.7 Å². The van der Waals surface area contributed by atoms with E-state index in [1.54, 1.807) is 0 Å². The Labute approximate surface area is 330 Å². The van der Waals surface area contributed by atoms with Crippen molar-refractivity contribution in [1.29, 1.82) is 0 Å². The van der Waals surface area contributed by atoms with E-state index in [0.717, 1.165) is 36.4 Å². The molecule has 2 saturated heterocycles. The van der Waals surface area contributed by atoms with Gasteiger partial charge in [0.2, 0.25) is 0 Å². The minimum Gasteiger partial charge on any atom is -0.504 e. The zero-order valence-electron chi connectivity index (χ0n) is 30.1.